The van der Waals surface area contributed by atoms with E-state index in [9.17, 15) is 24.5 Å². The number of ether oxygens (including phenoxy) is 2. The lowest BCUT2D eigenvalue weighted by Gasteiger charge is -2.47. The van der Waals surface area contributed by atoms with E-state index in [-0.39, 0.29) is 24.8 Å². The molecule has 260 valence electrons. The van der Waals surface area contributed by atoms with Crippen LogP contribution in [0.4, 0.5) is 5.69 Å². The summed E-state index contributed by atoms with van der Waals surface area (Å²) in [6, 6.07) is 26.4. The summed E-state index contributed by atoms with van der Waals surface area (Å²) in [4.78, 5) is 53.1. The number of nitrogens with zero attached hydrogens (tertiary/aromatic N) is 2. The van der Waals surface area contributed by atoms with Crippen LogP contribution in [0.2, 0.25) is 0 Å². The Morgan fingerprint density at radius 2 is 1.62 bits per heavy atom. The van der Waals surface area contributed by atoms with Crippen molar-refractivity contribution in [2.75, 3.05) is 6.61 Å². The van der Waals surface area contributed by atoms with Gasteiger partial charge in [-0.05, 0) is 39.6 Å². The van der Waals surface area contributed by atoms with Gasteiger partial charge in [-0.25, -0.2) is 4.79 Å². The minimum atomic E-state index is -2.30. The van der Waals surface area contributed by atoms with Gasteiger partial charge in [0.25, 0.3) is 5.69 Å². The second kappa shape index (κ2) is 14.3. The van der Waals surface area contributed by atoms with Gasteiger partial charge in [-0.15, -0.1) is 11.8 Å². The minimum absolute atomic E-state index is 0.0771. The van der Waals surface area contributed by atoms with E-state index >= 15 is 0 Å². The number of nitro benzene ring substituents is 1. The maximum absolute atomic E-state index is 14.4. The van der Waals surface area contributed by atoms with Crippen LogP contribution in [-0.4, -0.2) is 59.5 Å². The number of carbonyl (C=O) groups excluding carboxylic acids is 3. The zero-order valence-electron chi connectivity index (χ0n) is 28.1. The Bertz CT molecular complexity index is 1790. The van der Waals surface area contributed by atoms with Crippen molar-refractivity contribution < 1.29 is 37.6 Å². The smallest absolute Gasteiger partial charge is 0.330 e. The van der Waals surface area contributed by atoms with Crippen LogP contribution in [0.3, 0.4) is 0 Å². The molecule has 0 saturated carbocycles. The van der Waals surface area contributed by atoms with Crippen LogP contribution >= 0.6 is 11.8 Å². The molecule has 50 heavy (non-hydrogen) atoms. The molecule has 0 aliphatic carbocycles. The van der Waals surface area contributed by atoms with Crippen LogP contribution < -0.4 is 10.4 Å². The van der Waals surface area contributed by atoms with Crippen LogP contribution in [0.25, 0.3) is 0 Å². The van der Waals surface area contributed by atoms with E-state index < -0.39 is 59.5 Å². The number of benzene rings is 3. The number of esters is 2. The molecule has 3 aromatic carbocycles. The molecular weight excluding hydrogens is 677 g/mol. The average Bonchev–Trinajstić information content (AvgIpc) is 3.74. The molecule has 1 amide bonds. The summed E-state index contributed by atoms with van der Waals surface area (Å²) >= 11 is 1.48. The number of rotatable bonds is 12. The summed E-state index contributed by atoms with van der Waals surface area (Å²) in [6.07, 6.45) is 1.99. The van der Waals surface area contributed by atoms with Crippen molar-refractivity contribution in [2.24, 2.45) is 11.3 Å². The number of β-lactam (4-membered cyclic amide) rings is 1. The van der Waals surface area contributed by atoms with E-state index in [1.807, 2.05) is 81.4 Å². The Labute approximate surface area is 295 Å². The highest BCUT2D eigenvalue weighted by molar-refractivity contribution is 8.01. The maximum atomic E-state index is 14.4. The van der Waals surface area contributed by atoms with Gasteiger partial charge in [-0.2, -0.15) is 0 Å². The highest BCUT2D eigenvalue weighted by atomic mass is 32.2. The molecule has 4 unspecified atom stereocenters. The fourth-order valence-corrected chi connectivity index (χ4v) is 11.1. The number of nitro groups is 1. The van der Waals surface area contributed by atoms with E-state index in [0.717, 1.165) is 10.4 Å². The topological polar surface area (TPSA) is 138 Å². The Balaban J connectivity index is 1.37. The summed E-state index contributed by atoms with van der Waals surface area (Å²) < 4.78 is 22.9. The molecular formula is C37H38N2O9SSi. The quantitative estimate of drug-likeness (QED) is 0.0663. The molecule has 2 saturated heterocycles. The van der Waals surface area contributed by atoms with E-state index in [0.29, 0.717) is 11.1 Å². The highest BCUT2D eigenvalue weighted by Gasteiger charge is 2.72. The number of hydrogen-bond acceptors (Lipinski definition) is 10. The van der Waals surface area contributed by atoms with Crippen molar-refractivity contribution in [3.8, 4) is 0 Å². The van der Waals surface area contributed by atoms with Crippen molar-refractivity contribution in [1.82, 2.24) is 4.90 Å². The number of non-ortho nitro benzene ring substituents is 1. The van der Waals surface area contributed by atoms with Crippen molar-refractivity contribution in [3.05, 3.63) is 125 Å². The van der Waals surface area contributed by atoms with Gasteiger partial charge in [0, 0.05) is 24.6 Å². The molecule has 0 N–H and O–H groups in total. The number of carbonyl (C=O) groups is 3. The third kappa shape index (κ3) is 6.72. The zero-order chi connectivity index (χ0) is 35.6. The second-order valence-electron chi connectivity index (χ2n) is 13.5. The molecule has 2 aliphatic rings. The molecule has 3 heterocycles. The number of furan rings is 1. The molecule has 2 aliphatic heterocycles. The van der Waals surface area contributed by atoms with Crippen molar-refractivity contribution in [2.45, 2.75) is 56.6 Å². The zero-order valence-corrected chi connectivity index (χ0v) is 30.1. The Morgan fingerprint density at radius 3 is 2.14 bits per heavy atom. The van der Waals surface area contributed by atoms with Crippen LogP contribution in [-0.2, 0) is 34.9 Å². The summed E-state index contributed by atoms with van der Waals surface area (Å²) in [5, 5.41) is 12.7. The van der Waals surface area contributed by atoms with E-state index in [4.69, 9.17) is 18.3 Å². The predicted molar refractivity (Wildman–Crippen MR) is 189 cm³/mol. The number of amides is 1. The molecule has 2 fully saturated rings. The van der Waals surface area contributed by atoms with Gasteiger partial charge in [0.15, 0.2) is 0 Å². The molecule has 11 nitrogen and oxygen atoms in total. The minimum Gasteiger partial charge on any atom is -0.472 e. The summed E-state index contributed by atoms with van der Waals surface area (Å²) in [5.41, 5.74) is 0.413. The second-order valence-corrected chi connectivity index (χ2v) is 17.3. The van der Waals surface area contributed by atoms with Gasteiger partial charge < -0.3 is 23.2 Å². The van der Waals surface area contributed by atoms with Crippen molar-refractivity contribution >= 4 is 54.7 Å². The summed E-state index contributed by atoms with van der Waals surface area (Å²) in [5.74, 6) is -2.30. The normalized spacial score (nSPS) is 22.1. The number of thioether (sulfide) groups is 1. The van der Waals surface area contributed by atoms with Crippen LogP contribution in [0, 0.1) is 21.4 Å². The first-order chi connectivity index (χ1) is 23.9. The van der Waals surface area contributed by atoms with Crippen LogP contribution in [0.5, 0.6) is 0 Å². The lowest BCUT2D eigenvalue weighted by Crippen LogP contribution is -2.67. The van der Waals surface area contributed by atoms with E-state index in [1.165, 1.54) is 55.5 Å². The summed E-state index contributed by atoms with van der Waals surface area (Å²) in [7, 11) is -2.30. The van der Waals surface area contributed by atoms with E-state index in [2.05, 4.69) is 0 Å². The summed E-state index contributed by atoms with van der Waals surface area (Å²) in [6.45, 7) is 7.33. The average molecular weight is 715 g/mol. The van der Waals surface area contributed by atoms with Crippen molar-refractivity contribution in [3.63, 3.8) is 0 Å². The molecule has 5 atom stereocenters. The Kier molecular flexibility index (Phi) is 10.0. The fraction of sp³-hybridized carbons (Fsp3) is 0.324. The fourth-order valence-electron chi connectivity index (χ4n) is 6.68. The highest BCUT2D eigenvalue weighted by Crippen LogP contribution is 2.62. The molecule has 13 heteroatoms. The van der Waals surface area contributed by atoms with Crippen LogP contribution in [0.1, 0.15) is 44.9 Å². The largest absolute Gasteiger partial charge is 0.472 e. The van der Waals surface area contributed by atoms with Crippen molar-refractivity contribution in [1.29, 1.82) is 0 Å². The van der Waals surface area contributed by atoms with Gasteiger partial charge in [0.1, 0.15) is 24.7 Å². The Hall–Kier alpha value is -4.72. The molecule has 6 rings (SSSR count). The van der Waals surface area contributed by atoms with Gasteiger partial charge in [-0.3, -0.25) is 19.7 Å². The standard InChI is InChI=1S/C37H38N2O9SSi/c1-24(40)48-31(26-19-20-45-22-26)30-33(41)38-32(35(42)46-21-25-15-17-27(18-16-25)39(43)44)37(36(2,3)4,49-34(30)38)23-47-50(28-11-7-5-8-12-28)29-13-9-6-10-14-29/h5-20,22,30-32,34,50H,21,23H2,1-4H3/t30?,31?,32?,34-,37?/m1/s1. The first-order valence-electron chi connectivity index (χ1n) is 16.2. The van der Waals surface area contributed by atoms with Gasteiger partial charge >= 0.3 is 11.9 Å². The predicted octanol–water partition coefficient (Wildman–Crippen LogP) is 4.78. The lowest BCUT2D eigenvalue weighted by molar-refractivity contribution is -0.384. The molecule has 0 spiro atoms. The van der Waals surface area contributed by atoms with Crippen LogP contribution in [0.15, 0.2) is 108 Å². The molecule has 4 aromatic rings. The van der Waals surface area contributed by atoms with Gasteiger partial charge in [0.05, 0.1) is 34.2 Å². The Morgan fingerprint density at radius 1 is 1.00 bits per heavy atom. The number of hydrogen-bond donors (Lipinski definition) is 0. The lowest BCUT2D eigenvalue weighted by atomic mass is 9.73. The van der Waals surface area contributed by atoms with E-state index in [1.54, 1.807) is 11.0 Å². The molecule has 1 aromatic heterocycles. The SMILES string of the molecule is CC(=O)OC(c1ccoc1)C1C(=O)N2C(C(=O)OCc3ccc([N+](=O)[O-])cc3)C(CO[SiH](c3ccccc3)c3ccccc3)(C(C)(C)C)S[C@H]12. The monoisotopic (exact) mass is 714 g/mol. The van der Waals surface area contributed by atoms with Gasteiger partial charge in [0.2, 0.25) is 14.9 Å². The first-order valence-corrected chi connectivity index (χ1v) is 18.7. The third-order valence-electron chi connectivity index (χ3n) is 9.35. The van der Waals surface area contributed by atoms with Gasteiger partial charge in [-0.1, -0.05) is 81.4 Å². The molecule has 0 radical (unpaired) electrons. The maximum Gasteiger partial charge on any atom is 0.330 e. The third-order valence-corrected chi connectivity index (χ3v) is 14.0. The first kappa shape index (κ1) is 35.1. The number of fused-ring (bicyclic) bond motifs is 1. The molecule has 0 bridgehead atoms.